The van der Waals surface area contributed by atoms with Crippen LogP contribution >= 0.6 is 11.5 Å². The maximum absolute atomic E-state index is 12.2. The van der Waals surface area contributed by atoms with Crippen molar-refractivity contribution in [1.29, 1.82) is 0 Å². The van der Waals surface area contributed by atoms with Crippen LogP contribution in [0.15, 0.2) is 0 Å². The molecule has 1 aliphatic heterocycles. The van der Waals surface area contributed by atoms with Crippen LogP contribution in [0.2, 0.25) is 0 Å². The molecular formula is C13H20N4O2S2. The van der Waals surface area contributed by atoms with Gasteiger partial charge >= 0.3 is 0 Å². The van der Waals surface area contributed by atoms with Gasteiger partial charge in [-0.15, -0.1) is 0 Å². The first-order valence-electron chi connectivity index (χ1n) is 7.72. The predicted octanol–water partition coefficient (Wildman–Crippen LogP) is 1.78. The van der Waals surface area contributed by atoms with Crippen molar-refractivity contribution < 1.29 is 8.42 Å². The molecular weight excluding hydrogens is 308 g/mol. The van der Waals surface area contributed by atoms with E-state index in [0.29, 0.717) is 25.0 Å². The van der Waals surface area contributed by atoms with Crippen LogP contribution in [0.3, 0.4) is 0 Å². The highest BCUT2D eigenvalue weighted by Gasteiger charge is 2.41. The molecule has 3 aliphatic rings. The summed E-state index contributed by atoms with van der Waals surface area (Å²) in [5, 5.41) is 4.22. The summed E-state index contributed by atoms with van der Waals surface area (Å²) < 4.78 is 30.4. The van der Waals surface area contributed by atoms with Crippen LogP contribution in [0, 0.1) is 0 Å². The number of hydrogen-bond acceptors (Lipinski definition) is 6. The Hall–Kier alpha value is -0.730. The van der Waals surface area contributed by atoms with Crippen molar-refractivity contribution >= 4 is 26.7 Å². The van der Waals surface area contributed by atoms with Crippen molar-refractivity contribution in [2.45, 2.75) is 55.7 Å². The number of aromatic nitrogens is 2. The Balaban J connectivity index is 1.32. The van der Waals surface area contributed by atoms with Crippen LogP contribution in [0.5, 0.6) is 0 Å². The molecule has 1 saturated heterocycles. The molecule has 0 radical (unpaired) electrons. The maximum Gasteiger partial charge on any atom is 0.216 e. The molecule has 3 fully saturated rings. The summed E-state index contributed by atoms with van der Waals surface area (Å²) >= 11 is 1.43. The minimum absolute atomic E-state index is 0.0914. The highest BCUT2D eigenvalue weighted by atomic mass is 32.2. The molecule has 0 unspecified atom stereocenters. The monoisotopic (exact) mass is 328 g/mol. The van der Waals surface area contributed by atoms with E-state index in [1.165, 1.54) is 24.4 Å². The second-order valence-electron chi connectivity index (χ2n) is 6.29. The third-order valence-corrected chi connectivity index (χ3v) is 7.53. The summed E-state index contributed by atoms with van der Waals surface area (Å²) in [6, 6.07) is 0.315. The van der Waals surface area contributed by atoms with Crippen LogP contribution in [0.25, 0.3) is 0 Å². The predicted molar refractivity (Wildman–Crippen MR) is 82.0 cm³/mol. The minimum Gasteiger partial charge on any atom is -0.357 e. The van der Waals surface area contributed by atoms with Crippen LogP contribution in [0.4, 0.5) is 5.13 Å². The number of nitrogens with zero attached hydrogens (tertiary/aromatic N) is 3. The lowest BCUT2D eigenvalue weighted by Crippen LogP contribution is -2.43. The molecule has 0 spiro atoms. The van der Waals surface area contributed by atoms with E-state index in [2.05, 4.69) is 14.7 Å². The number of piperidine rings is 1. The van der Waals surface area contributed by atoms with Gasteiger partial charge in [0, 0.05) is 36.6 Å². The zero-order valence-electron chi connectivity index (χ0n) is 11.9. The number of rotatable bonds is 5. The van der Waals surface area contributed by atoms with Gasteiger partial charge in [0.25, 0.3) is 0 Å². The molecule has 1 aromatic heterocycles. The summed E-state index contributed by atoms with van der Waals surface area (Å²) in [4.78, 5) is 4.54. The lowest BCUT2D eigenvalue weighted by molar-refractivity contribution is 0.329. The molecule has 1 aromatic rings. The topological polar surface area (TPSA) is 75.2 Å². The molecule has 2 heterocycles. The van der Waals surface area contributed by atoms with E-state index >= 15 is 0 Å². The zero-order valence-corrected chi connectivity index (χ0v) is 13.5. The van der Waals surface area contributed by atoms with E-state index in [1.54, 1.807) is 4.31 Å². The molecule has 0 amide bonds. The van der Waals surface area contributed by atoms with Gasteiger partial charge in [0.15, 0.2) is 0 Å². The Bertz CT molecular complexity index is 614. The van der Waals surface area contributed by atoms with Gasteiger partial charge in [-0.3, -0.25) is 0 Å². The van der Waals surface area contributed by atoms with Gasteiger partial charge < -0.3 is 5.32 Å². The van der Waals surface area contributed by atoms with E-state index in [9.17, 15) is 8.42 Å². The van der Waals surface area contributed by atoms with Crippen LogP contribution < -0.4 is 5.32 Å². The number of nitrogens with one attached hydrogen (secondary N) is 1. The van der Waals surface area contributed by atoms with Crippen molar-refractivity contribution in [3.05, 3.63) is 5.82 Å². The van der Waals surface area contributed by atoms with Crippen molar-refractivity contribution in [2.75, 3.05) is 18.4 Å². The standard InChI is InChI=1S/C13H20N4O2S2/c18-21(19,11-3-4-11)17-7-5-10(6-8-17)14-13-15-12(16-20-13)9-1-2-9/h9-11H,1-8H2,(H,14,15,16). The molecule has 8 heteroatoms. The van der Waals surface area contributed by atoms with E-state index in [4.69, 9.17) is 0 Å². The minimum atomic E-state index is -3.00. The smallest absolute Gasteiger partial charge is 0.216 e. The highest BCUT2D eigenvalue weighted by Crippen LogP contribution is 2.39. The van der Waals surface area contributed by atoms with Gasteiger partial charge in [0.1, 0.15) is 5.82 Å². The van der Waals surface area contributed by atoms with Gasteiger partial charge in [-0.05, 0) is 38.5 Å². The van der Waals surface area contributed by atoms with Gasteiger partial charge in [0.05, 0.1) is 5.25 Å². The van der Waals surface area contributed by atoms with Gasteiger partial charge in [0.2, 0.25) is 15.2 Å². The zero-order chi connectivity index (χ0) is 14.4. The first-order chi connectivity index (χ1) is 10.1. The van der Waals surface area contributed by atoms with Crippen molar-refractivity contribution in [3.8, 4) is 0 Å². The second-order valence-corrected chi connectivity index (χ2v) is 9.26. The largest absolute Gasteiger partial charge is 0.357 e. The Morgan fingerprint density at radius 3 is 2.43 bits per heavy atom. The Kier molecular flexibility index (Phi) is 3.42. The molecule has 0 aromatic carbocycles. The lowest BCUT2D eigenvalue weighted by atomic mass is 10.1. The number of sulfonamides is 1. The Morgan fingerprint density at radius 1 is 1.10 bits per heavy atom. The van der Waals surface area contributed by atoms with Crippen LogP contribution in [-0.2, 0) is 10.0 Å². The van der Waals surface area contributed by atoms with E-state index in [0.717, 1.165) is 36.6 Å². The molecule has 0 bridgehead atoms. The third kappa shape index (κ3) is 2.93. The Morgan fingerprint density at radius 2 is 1.81 bits per heavy atom. The SMILES string of the molecule is O=S(=O)(C1CC1)N1CCC(Nc2nc(C3CC3)ns2)CC1. The number of anilines is 1. The fourth-order valence-electron chi connectivity index (χ4n) is 2.81. The average Bonchev–Trinajstić information content (AvgIpc) is 3.38. The summed E-state index contributed by atoms with van der Waals surface area (Å²) in [6.07, 6.45) is 5.82. The number of hydrogen-bond donors (Lipinski definition) is 1. The molecule has 2 saturated carbocycles. The summed E-state index contributed by atoms with van der Waals surface area (Å²) in [7, 11) is -3.00. The average molecular weight is 328 g/mol. The summed E-state index contributed by atoms with van der Waals surface area (Å²) in [6.45, 7) is 1.26. The second kappa shape index (κ2) is 5.17. The van der Waals surface area contributed by atoms with Crippen LogP contribution in [-0.4, -0.2) is 46.5 Å². The first kappa shape index (κ1) is 13.9. The van der Waals surface area contributed by atoms with Crippen molar-refractivity contribution in [2.24, 2.45) is 0 Å². The van der Waals surface area contributed by atoms with Gasteiger partial charge in [-0.1, -0.05) is 0 Å². The highest BCUT2D eigenvalue weighted by molar-refractivity contribution is 7.90. The van der Waals surface area contributed by atoms with Gasteiger partial charge in [-0.2, -0.15) is 4.37 Å². The van der Waals surface area contributed by atoms with E-state index < -0.39 is 10.0 Å². The molecule has 6 nitrogen and oxygen atoms in total. The molecule has 2 aliphatic carbocycles. The molecule has 4 rings (SSSR count). The molecule has 1 N–H and O–H groups in total. The summed E-state index contributed by atoms with van der Waals surface area (Å²) in [5.41, 5.74) is 0. The fourth-order valence-corrected chi connectivity index (χ4v) is 5.40. The normalized spacial score (nSPS) is 25.1. The third-order valence-electron chi connectivity index (χ3n) is 4.47. The quantitative estimate of drug-likeness (QED) is 0.892. The molecule has 21 heavy (non-hydrogen) atoms. The first-order valence-corrected chi connectivity index (χ1v) is 10.00. The van der Waals surface area contributed by atoms with Gasteiger partial charge in [-0.25, -0.2) is 17.7 Å². The van der Waals surface area contributed by atoms with E-state index in [1.807, 2.05) is 0 Å². The molecule has 0 atom stereocenters. The van der Waals surface area contributed by atoms with Crippen molar-refractivity contribution in [3.63, 3.8) is 0 Å². The lowest BCUT2D eigenvalue weighted by Gasteiger charge is -2.31. The Labute approximate surface area is 129 Å². The maximum atomic E-state index is 12.2. The van der Waals surface area contributed by atoms with Crippen molar-refractivity contribution in [1.82, 2.24) is 13.7 Å². The molecule has 116 valence electrons. The van der Waals surface area contributed by atoms with Crippen LogP contribution in [0.1, 0.15) is 50.3 Å². The summed E-state index contributed by atoms with van der Waals surface area (Å²) in [5.74, 6) is 1.57. The fraction of sp³-hybridized carbons (Fsp3) is 0.846. The van der Waals surface area contributed by atoms with E-state index in [-0.39, 0.29) is 5.25 Å².